The minimum absolute atomic E-state index is 0.00523. The summed E-state index contributed by atoms with van der Waals surface area (Å²) in [6.45, 7) is 5.43. The second-order valence-electron chi connectivity index (χ2n) is 6.06. The van der Waals surface area contributed by atoms with E-state index in [2.05, 4.69) is 6.92 Å². The van der Waals surface area contributed by atoms with Crippen molar-refractivity contribution in [2.45, 2.75) is 39.7 Å². The molecule has 1 saturated heterocycles. The van der Waals surface area contributed by atoms with Crippen molar-refractivity contribution in [3.63, 3.8) is 0 Å². The summed E-state index contributed by atoms with van der Waals surface area (Å²) in [7, 11) is 0. The maximum Gasteiger partial charge on any atom is 0.274 e. The van der Waals surface area contributed by atoms with Crippen LogP contribution in [0.2, 0.25) is 0 Å². The van der Waals surface area contributed by atoms with Crippen molar-refractivity contribution in [3.8, 4) is 0 Å². The maximum absolute atomic E-state index is 12.6. The van der Waals surface area contributed by atoms with Crippen molar-refractivity contribution in [1.82, 2.24) is 4.57 Å². The van der Waals surface area contributed by atoms with Crippen LogP contribution in [-0.4, -0.2) is 17.0 Å². The van der Waals surface area contributed by atoms with Gasteiger partial charge in [-0.1, -0.05) is 6.92 Å². The second-order valence-corrected chi connectivity index (χ2v) is 6.06. The van der Waals surface area contributed by atoms with Gasteiger partial charge in [0.1, 0.15) is 5.69 Å². The Morgan fingerprint density at radius 3 is 2.63 bits per heavy atom. The van der Waals surface area contributed by atoms with E-state index >= 15 is 0 Å². The molecule has 1 saturated carbocycles. The monoisotopic (exact) mass is 260 g/mol. The molecule has 0 bridgehead atoms. The highest BCUT2D eigenvalue weighted by Gasteiger charge is 2.31. The van der Waals surface area contributed by atoms with Gasteiger partial charge < -0.3 is 9.47 Å². The second kappa shape index (κ2) is 4.51. The summed E-state index contributed by atoms with van der Waals surface area (Å²) in [6.07, 6.45) is 4.85. The van der Waals surface area contributed by atoms with Crippen molar-refractivity contribution >= 4 is 11.6 Å². The summed E-state index contributed by atoms with van der Waals surface area (Å²) < 4.78 is 1.77. The molecule has 0 aromatic carbocycles. The fraction of sp³-hybridized carbons (Fsp3) is 0.600. The number of hydrogen-bond donors (Lipinski definition) is 0. The van der Waals surface area contributed by atoms with Crippen molar-refractivity contribution in [2.24, 2.45) is 11.8 Å². The quantitative estimate of drug-likeness (QED) is 0.833. The summed E-state index contributed by atoms with van der Waals surface area (Å²) >= 11 is 0. The number of pyridine rings is 1. The van der Waals surface area contributed by atoms with Gasteiger partial charge >= 0.3 is 0 Å². The number of amides is 1. The average Bonchev–Trinajstić information content (AvgIpc) is 3.09. The Morgan fingerprint density at radius 1 is 1.32 bits per heavy atom. The highest BCUT2D eigenvalue weighted by atomic mass is 16.2. The standard InChI is InChI=1S/C15H20N2O2/c1-10-7-13(18)17(8-10)14-11(2)5-6-16(15(14)19)9-12-3-4-12/h5-6,10,12H,3-4,7-9H2,1-2H3. The fourth-order valence-corrected chi connectivity index (χ4v) is 2.81. The predicted molar refractivity (Wildman–Crippen MR) is 74.3 cm³/mol. The Bertz CT molecular complexity index is 572. The highest BCUT2D eigenvalue weighted by molar-refractivity contribution is 5.96. The molecule has 1 atom stereocenters. The lowest BCUT2D eigenvalue weighted by atomic mass is 10.2. The lowest BCUT2D eigenvalue weighted by Gasteiger charge is -2.19. The molecule has 1 aromatic rings. The van der Waals surface area contributed by atoms with Gasteiger partial charge in [0.25, 0.3) is 5.56 Å². The first-order valence-electron chi connectivity index (χ1n) is 7.06. The maximum atomic E-state index is 12.6. The molecular formula is C15H20N2O2. The van der Waals surface area contributed by atoms with E-state index in [0.29, 0.717) is 30.5 Å². The molecule has 4 heteroatoms. The van der Waals surface area contributed by atoms with Gasteiger partial charge in [-0.2, -0.15) is 0 Å². The van der Waals surface area contributed by atoms with Crippen LogP contribution < -0.4 is 10.5 Å². The van der Waals surface area contributed by atoms with Gasteiger partial charge in [0.05, 0.1) is 0 Å². The van der Waals surface area contributed by atoms with Gasteiger partial charge in [-0.05, 0) is 43.2 Å². The number of aromatic nitrogens is 1. The van der Waals surface area contributed by atoms with Crippen LogP contribution in [0.4, 0.5) is 5.69 Å². The van der Waals surface area contributed by atoms with E-state index in [0.717, 1.165) is 12.1 Å². The zero-order valence-electron chi connectivity index (χ0n) is 11.6. The molecule has 2 aliphatic rings. The van der Waals surface area contributed by atoms with Gasteiger partial charge in [0.2, 0.25) is 5.91 Å². The summed E-state index contributed by atoms with van der Waals surface area (Å²) in [5, 5.41) is 0. The van der Waals surface area contributed by atoms with Gasteiger partial charge in [0.15, 0.2) is 0 Å². The molecule has 0 N–H and O–H groups in total. The average molecular weight is 260 g/mol. The van der Waals surface area contributed by atoms with Crippen LogP contribution in [0, 0.1) is 18.8 Å². The first-order valence-corrected chi connectivity index (χ1v) is 7.06. The first-order chi connectivity index (χ1) is 9.06. The molecule has 0 radical (unpaired) electrons. The molecule has 2 heterocycles. The minimum atomic E-state index is -0.00523. The van der Waals surface area contributed by atoms with E-state index in [-0.39, 0.29) is 11.5 Å². The summed E-state index contributed by atoms with van der Waals surface area (Å²) in [6, 6.07) is 1.95. The summed E-state index contributed by atoms with van der Waals surface area (Å²) in [5.74, 6) is 1.07. The number of anilines is 1. The van der Waals surface area contributed by atoms with Crippen LogP contribution >= 0.6 is 0 Å². The summed E-state index contributed by atoms with van der Waals surface area (Å²) in [5.41, 5.74) is 1.49. The molecule has 102 valence electrons. The van der Waals surface area contributed by atoms with Crippen LogP contribution in [0.5, 0.6) is 0 Å². The van der Waals surface area contributed by atoms with E-state index in [9.17, 15) is 9.59 Å². The number of rotatable bonds is 3. The van der Waals surface area contributed by atoms with E-state index in [1.807, 2.05) is 19.2 Å². The minimum Gasteiger partial charge on any atom is -0.313 e. The smallest absolute Gasteiger partial charge is 0.274 e. The van der Waals surface area contributed by atoms with E-state index in [4.69, 9.17) is 0 Å². The number of carbonyl (C=O) groups is 1. The molecule has 1 aliphatic heterocycles. The molecule has 0 spiro atoms. The lowest BCUT2D eigenvalue weighted by molar-refractivity contribution is -0.117. The van der Waals surface area contributed by atoms with Crippen molar-refractivity contribution in [1.29, 1.82) is 0 Å². The number of carbonyl (C=O) groups excluding carboxylic acids is 1. The third-order valence-corrected chi connectivity index (χ3v) is 4.08. The van der Waals surface area contributed by atoms with Crippen LogP contribution in [0.15, 0.2) is 17.1 Å². The lowest BCUT2D eigenvalue weighted by Crippen LogP contribution is -2.34. The van der Waals surface area contributed by atoms with Crippen LogP contribution in [0.25, 0.3) is 0 Å². The van der Waals surface area contributed by atoms with Gasteiger partial charge in [-0.3, -0.25) is 9.59 Å². The molecule has 1 aliphatic carbocycles. The Labute approximate surface area is 113 Å². The van der Waals surface area contributed by atoms with Crippen LogP contribution in [-0.2, 0) is 11.3 Å². The largest absolute Gasteiger partial charge is 0.313 e. The summed E-state index contributed by atoms with van der Waals surface area (Å²) in [4.78, 5) is 26.3. The Hall–Kier alpha value is -1.58. The van der Waals surface area contributed by atoms with Crippen LogP contribution in [0.1, 0.15) is 31.7 Å². The van der Waals surface area contributed by atoms with E-state index in [1.54, 1.807) is 9.47 Å². The third-order valence-electron chi connectivity index (χ3n) is 4.08. The highest BCUT2D eigenvalue weighted by Crippen LogP contribution is 2.31. The molecule has 1 aromatic heterocycles. The molecule has 2 fully saturated rings. The molecule has 1 unspecified atom stereocenters. The topological polar surface area (TPSA) is 42.3 Å². The molecule has 19 heavy (non-hydrogen) atoms. The van der Waals surface area contributed by atoms with Crippen molar-refractivity contribution in [3.05, 3.63) is 28.2 Å². The zero-order valence-corrected chi connectivity index (χ0v) is 11.6. The predicted octanol–water partition coefficient (Wildman–Crippen LogP) is 1.94. The number of nitrogens with zero attached hydrogens (tertiary/aromatic N) is 2. The van der Waals surface area contributed by atoms with E-state index in [1.165, 1.54) is 12.8 Å². The fourth-order valence-electron chi connectivity index (χ4n) is 2.81. The Morgan fingerprint density at radius 2 is 2.05 bits per heavy atom. The van der Waals surface area contributed by atoms with E-state index < -0.39 is 0 Å². The van der Waals surface area contributed by atoms with Crippen molar-refractivity contribution in [2.75, 3.05) is 11.4 Å². The third kappa shape index (κ3) is 2.31. The first kappa shape index (κ1) is 12.5. The zero-order chi connectivity index (χ0) is 13.6. The molecule has 1 amide bonds. The van der Waals surface area contributed by atoms with Gasteiger partial charge in [-0.15, -0.1) is 0 Å². The SMILES string of the molecule is Cc1ccn(CC2CC2)c(=O)c1N1CC(C)CC1=O. The molecule has 4 nitrogen and oxygen atoms in total. The molecular weight excluding hydrogens is 240 g/mol. The van der Waals surface area contributed by atoms with Crippen LogP contribution in [0.3, 0.4) is 0 Å². The Kier molecular flexibility index (Phi) is 2.96. The van der Waals surface area contributed by atoms with Crippen molar-refractivity contribution < 1.29 is 4.79 Å². The normalized spacial score (nSPS) is 23.2. The number of aryl methyl sites for hydroxylation is 1. The van der Waals surface area contributed by atoms with Gasteiger partial charge in [0, 0.05) is 25.7 Å². The molecule has 3 rings (SSSR count). The number of hydrogen-bond acceptors (Lipinski definition) is 2. The Balaban J connectivity index is 1.99. The van der Waals surface area contributed by atoms with Gasteiger partial charge in [-0.25, -0.2) is 0 Å².